The number of hydrogen-bond acceptors (Lipinski definition) is 3. The molecule has 7 heteroatoms. The summed E-state index contributed by atoms with van der Waals surface area (Å²) in [5.74, 6) is 0. The average molecular weight is 439 g/mol. The van der Waals surface area contributed by atoms with Crippen molar-refractivity contribution in [2.45, 2.75) is 18.4 Å². The van der Waals surface area contributed by atoms with Gasteiger partial charge in [0, 0.05) is 22.4 Å². The highest BCUT2D eigenvalue weighted by Gasteiger charge is 2.25. The highest BCUT2D eigenvalue weighted by Crippen LogP contribution is 2.28. The van der Waals surface area contributed by atoms with E-state index in [2.05, 4.69) is 31.9 Å². The van der Waals surface area contributed by atoms with Crippen molar-refractivity contribution in [2.24, 2.45) is 0 Å². The number of sulfonamides is 1. The summed E-state index contributed by atoms with van der Waals surface area (Å²) >= 11 is 8.25. The number of benzene rings is 1. The maximum absolute atomic E-state index is 12.7. The minimum atomic E-state index is -3.49. The summed E-state index contributed by atoms with van der Waals surface area (Å²) in [5, 5.41) is 0. The number of rotatable bonds is 5. The van der Waals surface area contributed by atoms with Gasteiger partial charge in [-0.05, 0) is 56.1 Å². The van der Waals surface area contributed by atoms with E-state index in [4.69, 9.17) is 0 Å². The van der Waals surface area contributed by atoms with E-state index in [0.29, 0.717) is 22.5 Å². The molecule has 3 nitrogen and oxygen atoms in total. The fourth-order valence-electron chi connectivity index (χ4n) is 1.77. The van der Waals surface area contributed by atoms with E-state index in [0.717, 1.165) is 8.66 Å². The Morgan fingerprint density at radius 2 is 1.85 bits per heavy atom. The first-order valence-corrected chi connectivity index (χ1v) is 9.78. The lowest BCUT2D eigenvalue weighted by Crippen LogP contribution is -2.30. The van der Waals surface area contributed by atoms with Crippen molar-refractivity contribution in [3.8, 4) is 0 Å². The van der Waals surface area contributed by atoms with Gasteiger partial charge in [0.15, 0.2) is 0 Å². The summed E-state index contributed by atoms with van der Waals surface area (Å²) in [6, 6.07) is 10.8. The van der Waals surface area contributed by atoms with Gasteiger partial charge in [-0.25, -0.2) is 8.42 Å². The molecule has 1 aromatic heterocycles. The van der Waals surface area contributed by atoms with E-state index in [9.17, 15) is 8.42 Å². The van der Waals surface area contributed by atoms with Crippen molar-refractivity contribution in [1.82, 2.24) is 4.31 Å². The molecule has 0 radical (unpaired) electrons. The largest absolute Gasteiger partial charge is 0.244 e. The standard InChI is InChI=1S/C13H13Br2NO2S2/c1-2-16(9-10-7-8-13(15)19-10)20(17,18)12-6-4-3-5-11(12)14/h3-8H,2,9H2,1H3. The number of nitrogens with zero attached hydrogens (tertiary/aromatic N) is 1. The van der Waals surface area contributed by atoms with Crippen LogP contribution in [0.2, 0.25) is 0 Å². The van der Waals surface area contributed by atoms with E-state index >= 15 is 0 Å². The lowest BCUT2D eigenvalue weighted by molar-refractivity contribution is 0.426. The van der Waals surface area contributed by atoms with Gasteiger partial charge in [0.1, 0.15) is 0 Å². The summed E-state index contributed by atoms with van der Waals surface area (Å²) in [6.45, 7) is 2.66. The number of thiophene rings is 1. The molecule has 108 valence electrons. The minimum Gasteiger partial charge on any atom is -0.207 e. The van der Waals surface area contributed by atoms with Gasteiger partial charge in [0.05, 0.1) is 8.68 Å². The second-order valence-corrected chi connectivity index (χ2v) is 9.38. The molecule has 2 rings (SSSR count). The summed E-state index contributed by atoms with van der Waals surface area (Å²) < 4.78 is 28.4. The fourth-order valence-corrected chi connectivity index (χ4v) is 5.74. The second-order valence-electron chi connectivity index (χ2n) is 4.07. The minimum absolute atomic E-state index is 0.303. The predicted molar refractivity (Wildman–Crippen MR) is 89.4 cm³/mol. The first-order valence-electron chi connectivity index (χ1n) is 5.94. The van der Waals surface area contributed by atoms with Crippen molar-refractivity contribution < 1.29 is 8.42 Å². The maximum Gasteiger partial charge on any atom is 0.244 e. The van der Waals surface area contributed by atoms with Gasteiger partial charge >= 0.3 is 0 Å². The van der Waals surface area contributed by atoms with Gasteiger partial charge in [-0.1, -0.05) is 19.1 Å². The maximum atomic E-state index is 12.7. The van der Waals surface area contributed by atoms with Gasteiger partial charge in [-0.3, -0.25) is 0 Å². The van der Waals surface area contributed by atoms with E-state index < -0.39 is 10.0 Å². The van der Waals surface area contributed by atoms with Crippen LogP contribution in [0.5, 0.6) is 0 Å². The summed E-state index contributed by atoms with van der Waals surface area (Å²) in [7, 11) is -3.49. The van der Waals surface area contributed by atoms with Crippen LogP contribution in [-0.2, 0) is 16.6 Å². The van der Waals surface area contributed by atoms with Gasteiger partial charge in [-0.15, -0.1) is 11.3 Å². The monoisotopic (exact) mass is 437 g/mol. The van der Waals surface area contributed by atoms with Gasteiger partial charge in [0.2, 0.25) is 10.0 Å². The molecule has 0 saturated heterocycles. The summed E-state index contributed by atoms with van der Waals surface area (Å²) in [6.07, 6.45) is 0. The first-order chi connectivity index (χ1) is 9.45. The van der Waals surface area contributed by atoms with Crippen LogP contribution in [0, 0.1) is 0 Å². The molecule has 0 amide bonds. The SMILES string of the molecule is CCN(Cc1ccc(Br)s1)S(=O)(=O)c1ccccc1Br. The Bertz CT molecular complexity index is 698. The number of halogens is 2. The Kier molecular flexibility index (Phi) is 5.42. The van der Waals surface area contributed by atoms with Crippen LogP contribution in [0.25, 0.3) is 0 Å². The zero-order valence-corrected chi connectivity index (χ0v) is 15.5. The Hall–Kier alpha value is -0.210. The molecule has 0 atom stereocenters. The van der Waals surface area contributed by atoms with Crippen LogP contribution in [0.15, 0.2) is 49.6 Å². The lowest BCUT2D eigenvalue weighted by atomic mass is 10.4. The molecule has 2 aromatic rings. The molecule has 0 spiro atoms. The Morgan fingerprint density at radius 1 is 1.15 bits per heavy atom. The van der Waals surface area contributed by atoms with Crippen molar-refractivity contribution >= 4 is 53.2 Å². The molecule has 0 unspecified atom stereocenters. The van der Waals surface area contributed by atoms with Crippen molar-refractivity contribution in [3.05, 3.63) is 49.5 Å². The molecule has 1 aromatic carbocycles. The van der Waals surface area contributed by atoms with Gasteiger partial charge < -0.3 is 0 Å². The molecular weight excluding hydrogens is 426 g/mol. The second kappa shape index (κ2) is 6.70. The van der Waals surface area contributed by atoms with E-state index in [1.54, 1.807) is 35.6 Å². The van der Waals surface area contributed by atoms with Crippen molar-refractivity contribution in [2.75, 3.05) is 6.54 Å². The van der Waals surface area contributed by atoms with Crippen LogP contribution in [-0.4, -0.2) is 19.3 Å². The average Bonchev–Trinajstić information content (AvgIpc) is 2.81. The zero-order chi connectivity index (χ0) is 14.8. The third kappa shape index (κ3) is 3.51. The number of hydrogen-bond donors (Lipinski definition) is 0. The molecule has 0 aliphatic heterocycles. The van der Waals surface area contributed by atoms with Crippen molar-refractivity contribution in [3.63, 3.8) is 0 Å². The Balaban J connectivity index is 2.33. The molecule has 0 N–H and O–H groups in total. The zero-order valence-electron chi connectivity index (χ0n) is 10.7. The van der Waals surface area contributed by atoms with Crippen LogP contribution in [0.4, 0.5) is 0 Å². The van der Waals surface area contributed by atoms with E-state index in [1.807, 2.05) is 19.1 Å². The molecule has 0 bridgehead atoms. The normalized spacial score (nSPS) is 12.0. The Labute approximate surface area is 139 Å². The highest BCUT2D eigenvalue weighted by molar-refractivity contribution is 9.11. The summed E-state index contributed by atoms with van der Waals surface area (Å²) in [4.78, 5) is 1.31. The molecule has 1 heterocycles. The Morgan fingerprint density at radius 3 is 2.40 bits per heavy atom. The van der Waals surface area contributed by atoms with Gasteiger partial charge in [0.25, 0.3) is 0 Å². The van der Waals surface area contributed by atoms with E-state index in [-0.39, 0.29) is 0 Å². The topological polar surface area (TPSA) is 37.4 Å². The van der Waals surface area contributed by atoms with Crippen LogP contribution >= 0.6 is 43.2 Å². The quantitative estimate of drug-likeness (QED) is 0.689. The van der Waals surface area contributed by atoms with Crippen molar-refractivity contribution in [1.29, 1.82) is 0 Å². The summed E-state index contributed by atoms with van der Waals surface area (Å²) in [5.41, 5.74) is 0. The molecule has 20 heavy (non-hydrogen) atoms. The van der Waals surface area contributed by atoms with Crippen LogP contribution in [0.1, 0.15) is 11.8 Å². The first kappa shape index (κ1) is 16.2. The molecule has 0 fully saturated rings. The molecule has 0 saturated carbocycles. The third-order valence-electron chi connectivity index (χ3n) is 2.77. The fraction of sp³-hybridized carbons (Fsp3) is 0.231. The third-order valence-corrected chi connectivity index (χ3v) is 7.31. The van der Waals surface area contributed by atoms with Crippen LogP contribution < -0.4 is 0 Å². The highest BCUT2D eigenvalue weighted by atomic mass is 79.9. The van der Waals surface area contributed by atoms with Crippen LogP contribution in [0.3, 0.4) is 0 Å². The lowest BCUT2D eigenvalue weighted by Gasteiger charge is -2.20. The van der Waals surface area contributed by atoms with Gasteiger partial charge in [-0.2, -0.15) is 4.31 Å². The predicted octanol–water partition coefficient (Wildman–Crippen LogP) is 4.48. The molecule has 0 aliphatic carbocycles. The molecular formula is C13H13Br2NO2S2. The van der Waals surface area contributed by atoms with E-state index in [1.165, 1.54) is 4.31 Å². The molecule has 0 aliphatic rings. The smallest absolute Gasteiger partial charge is 0.207 e.